The topological polar surface area (TPSA) is 83.1 Å². The molecule has 0 atom stereocenters. The van der Waals surface area contributed by atoms with Crippen molar-refractivity contribution in [3.05, 3.63) is 82.6 Å². The summed E-state index contributed by atoms with van der Waals surface area (Å²) in [5.74, 6) is 1.83. The van der Waals surface area contributed by atoms with Gasteiger partial charge in [-0.05, 0) is 66.9 Å². The Balaban J connectivity index is 1.25. The predicted octanol–water partition coefficient (Wildman–Crippen LogP) is 4.67. The quantitative estimate of drug-likeness (QED) is 0.578. The average Bonchev–Trinajstić information content (AvgIpc) is 3.39. The highest BCUT2D eigenvalue weighted by molar-refractivity contribution is 6.14. The Morgan fingerprint density at radius 2 is 1.88 bits per heavy atom. The van der Waals surface area contributed by atoms with Crippen molar-refractivity contribution in [2.45, 2.75) is 13.8 Å². The predicted molar refractivity (Wildman–Crippen MR) is 122 cm³/mol. The number of hydrogen-bond acceptors (Lipinski definition) is 6. The maximum atomic E-state index is 12.7. The highest BCUT2D eigenvalue weighted by Crippen LogP contribution is 2.37. The maximum Gasteiger partial charge on any atom is 0.262 e. The second-order valence-corrected chi connectivity index (χ2v) is 7.79. The number of ketones is 1. The number of aryl methyl sites for hydroxylation is 1. The van der Waals surface area contributed by atoms with Crippen molar-refractivity contribution < 1.29 is 28.5 Å². The van der Waals surface area contributed by atoms with E-state index in [9.17, 15) is 9.59 Å². The van der Waals surface area contributed by atoms with E-state index in [0.29, 0.717) is 28.6 Å². The summed E-state index contributed by atoms with van der Waals surface area (Å²) < 4.78 is 22.1. The Morgan fingerprint density at radius 3 is 2.76 bits per heavy atom. The fourth-order valence-corrected chi connectivity index (χ4v) is 3.63. The van der Waals surface area contributed by atoms with Gasteiger partial charge >= 0.3 is 0 Å². The fourth-order valence-electron chi connectivity index (χ4n) is 3.63. The summed E-state index contributed by atoms with van der Waals surface area (Å²) in [5, 5.41) is 2.86. The molecule has 7 nitrogen and oxygen atoms in total. The zero-order valence-electron chi connectivity index (χ0n) is 18.1. The van der Waals surface area contributed by atoms with Gasteiger partial charge in [0, 0.05) is 11.8 Å². The number of allylic oxidation sites excluding steroid dienone is 1. The van der Waals surface area contributed by atoms with E-state index in [-0.39, 0.29) is 30.8 Å². The molecule has 2 aliphatic heterocycles. The summed E-state index contributed by atoms with van der Waals surface area (Å²) >= 11 is 0. The van der Waals surface area contributed by atoms with Gasteiger partial charge in [0.1, 0.15) is 11.5 Å². The van der Waals surface area contributed by atoms with Crippen molar-refractivity contribution in [2.75, 3.05) is 18.7 Å². The molecule has 0 radical (unpaired) electrons. The molecule has 0 unspecified atom stereocenters. The van der Waals surface area contributed by atoms with E-state index in [4.69, 9.17) is 18.9 Å². The van der Waals surface area contributed by atoms with Crippen molar-refractivity contribution in [2.24, 2.45) is 0 Å². The first-order valence-corrected chi connectivity index (χ1v) is 10.4. The monoisotopic (exact) mass is 443 g/mol. The second-order valence-electron chi connectivity index (χ2n) is 7.79. The van der Waals surface area contributed by atoms with Crippen molar-refractivity contribution in [1.82, 2.24) is 0 Å². The lowest BCUT2D eigenvalue weighted by molar-refractivity contribution is -0.118. The Morgan fingerprint density at radius 1 is 1.03 bits per heavy atom. The van der Waals surface area contributed by atoms with Gasteiger partial charge in [0.2, 0.25) is 12.6 Å². The molecule has 0 aromatic heterocycles. The van der Waals surface area contributed by atoms with Gasteiger partial charge in [-0.15, -0.1) is 0 Å². The molecule has 0 saturated carbocycles. The van der Waals surface area contributed by atoms with Crippen LogP contribution in [0.4, 0.5) is 5.69 Å². The van der Waals surface area contributed by atoms with Crippen molar-refractivity contribution in [1.29, 1.82) is 0 Å². The first-order chi connectivity index (χ1) is 16.0. The van der Waals surface area contributed by atoms with Gasteiger partial charge in [-0.1, -0.05) is 18.2 Å². The van der Waals surface area contributed by atoms with Crippen LogP contribution in [0.25, 0.3) is 6.08 Å². The molecule has 7 heteroatoms. The second kappa shape index (κ2) is 8.35. The summed E-state index contributed by atoms with van der Waals surface area (Å²) in [6.45, 7) is 3.96. The molecule has 33 heavy (non-hydrogen) atoms. The van der Waals surface area contributed by atoms with Crippen LogP contribution in [-0.4, -0.2) is 25.1 Å². The lowest BCUT2D eigenvalue weighted by Crippen LogP contribution is -2.20. The summed E-state index contributed by atoms with van der Waals surface area (Å²) in [6.07, 6.45) is 1.66. The Kier molecular flexibility index (Phi) is 5.22. The van der Waals surface area contributed by atoms with Crippen LogP contribution in [0.1, 0.15) is 27.0 Å². The summed E-state index contributed by atoms with van der Waals surface area (Å²) in [6, 6.07) is 16.0. The van der Waals surface area contributed by atoms with Gasteiger partial charge in [0.25, 0.3) is 5.91 Å². The molecule has 0 saturated heterocycles. The molecule has 0 aliphatic carbocycles. The van der Waals surface area contributed by atoms with E-state index < -0.39 is 0 Å². The minimum Gasteiger partial charge on any atom is -0.484 e. The number of hydrogen-bond donors (Lipinski definition) is 1. The normalized spacial score (nSPS) is 14.7. The van der Waals surface area contributed by atoms with Crippen LogP contribution in [0.2, 0.25) is 0 Å². The lowest BCUT2D eigenvalue weighted by Gasteiger charge is -2.11. The molecular weight excluding hydrogens is 422 g/mol. The molecule has 0 bridgehead atoms. The van der Waals surface area contributed by atoms with Crippen LogP contribution in [0.3, 0.4) is 0 Å². The largest absolute Gasteiger partial charge is 0.484 e. The molecule has 3 aromatic carbocycles. The van der Waals surface area contributed by atoms with E-state index in [1.165, 1.54) is 0 Å². The molecule has 1 N–H and O–H groups in total. The van der Waals surface area contributed by atoms with E-state index in [2.05, 4.69) is 5.32 Å². The van der Waals surface area contributed by atoms with Crippen molar-refractivity contribution in [3.8, 4) is 23.0 Å². The average molecular weight is 443 g/mol. The summed E-state index contributed by atoms with van der Waals surface area (Å²) in [7, 11) is 0. The first-order valence-electron chi connectivity index (χ1n) is 10.4. The Hall–Kier alpha value is -4.26. The third-order valence-electron chi connectivity index (χ3n) is 5.58. The third kappa shape index (κ3) is 4.13. The minimum absolute atomic E-state index is 0.167. The van der Waals surface area contributed by atoms with E-state index in [1.807, 2.05) is 38.1 Å². The SMILES string of the molecule is Cc1cccc(NC(=O)COc2ccc3c(c2)OC(=Cc2ccc4c(c2)OCO4)C3=O)c1C. The minimum atomic E-state index is -0.274. The van der Waals surface area contributed by atoms with Gasteiger partial charge in [-0.25, -0.2) is 0 Å². The van der Waals surface area contributed by atoms with Gasteiger partial charge in [0.15, 0.2) is 23.9 Å². The Labute approximate surface area is 190 Å². The lowest BCUT2D eigenvalue weighted by atomic mass is 10.1. The van der Waals surface area contributed by atoms with Gasteiger partial charge in [-0.2, -0.15) is 0 Å². The molecular formula is C26H21NO6. The van der Waals surface area contributed by atoms with Gasteiger partial charge < -0.3 is 24.3 Å². The highest BCUT2D eigenvalue weighted by atomic mass is 16.7. The zero-order chi connectivity index (χ0) is 22.9. The molecule has 5 rings (SSSR count). The Bertz CT molecular complexity index is 1310. The van der Waals surface area contributed by atoms with Crippen molar-refractivity contribution >= 4 is 23.5 Å². The summed E-state index contributed by atoms with van der Waals surface area (Å²) in [5.41, 5.74) is 4.06. The molecule has 3 aromatic rings. The van der Waals surface area contributed by atoms with Crippen LogP contribution in [-0.2, 0) is 4.79 Å². The van der Waals surface area contributed by atoms with Crippen LogP contribution in [0.5, 0.6) is 23.0 Å². The van der Waals surface area contributed by atoms with Gasteiger partial charge in [-0.3, -0.25) is 9.59 Å². The van der Waals surface area contributed by atoms with Crippen LogP contribution < -0.4 is 24.3 Å². The fraction of sp³-hybridized carbons (Fsp3) is 0.154. The highest BCUT2D eigenvalue weighted by Gasteiger charge is 2.28. The number of ether oxygens (including phenoxy) is 4. The number of fused-ring (bicyclic) bond motifs is 2. The maximum absolute atomic E-state index is 12.7. The molecule has 166 valence electrons. The first kappa shape index (κ1) is 20.6. The molecule has 0 spiro atoms. The number of Topliss-reactive ketones (excluding diaryl/α,β-unsaturated/α-hetero) is 1. The third-order valence-corrected chi connectivity index (χ3v) is 5.58. The number of amides is 1. The molecule has 2 heterocycles. The van der Waals surface area contributed by atoms with E-state index in [1.54, 1.807) is 36.4 Å². The number of anilines is 1. The van der Waals surface area contributed by atoms with Crippen molar-refractivity contribution in [3.63, 3.8) is 0 Å². The number of carbonyl (C=O) groups excluding carboxylic acids is 2. The number of carbonyl (C=O) groups is 2. The van der Waals surface area contributed by atoms with E-state index in [0.717, 1.165) is 22.4 Å². The smallest absolute Gasteiger partial charge is 0.262 e. The molecule has 2 aliphatic rings. The summed E-state index contributed by atoms with van der Waals surface area (Å²) in [4.78, 5) is 25.0. The molecule has 0 fully saturated rings. The van der Waals surface area contributed by atoms with Crippen LogP contribution in [0.15, 0.2) is 60.4 Å². The molecule has 1 amide bonds. The number of nitrogens with one attached hydrogen (secondary N) is 1. The van der Waals surface area contributed by atoms with E-state index >= 15 is 0 Å². The van der Waals surface area contributed by atoms with Crippen LogP contribution in [0, 0.1) is 13.8 Å². The number of rotatable bonds is 5. The van der Waals surface area contributed by atoms with Crippen LogP contribution >= 0.6 is 0 Å². The number of benzene rings is 3. The van der Waals surface area contributed by atoms with Gasteiger partial charge in [0.05, 0.1) is 5.56 Å². The standard InChI is InChI=1S/C26H21NO6/c1-15-4-3-5-20(16(15)2)27-25(28)13-30-18-7-8-19-22(12-18)33-24(26(19)29)11-17-6-9-21-23(10-17)32-14-31-21/h3-12H,13-14H2,1-2H3,(H,27,28). The zero-order valence-corrected chi connectivity index (χ0v) is 18.1.